The maximum absolute atomic E-state index is 11.9. The molecule has 0 aliphatic heterocycles. The van der Waals surface area contributed by atoms with E-state index in [-0.39, 0.29) is 72.6 Å². The molecule has 0 heterocycles. The number of quaternary nitrogens is 2. The molecule has 0 aliphatic rings. The largest absolute Gasteiger partial charge is 1.00 e. The first-order chi connectivity index (χ1) is 15.8. The maximum atomic E-state index is 11.9. The van der Waals surface area contributed by atoms with Gasteiger partial charge in [0.25, 0.3) is 0 Å². The van der Waals surface area contributed by atoms with E-state index < -0.39 is 12.2 Å². The fourth-order valence-corrected chi connectivity index (χ4v) is 2.80. The van der Waals surface area contributed by atoms with E-state index in [4.69, 9.17) is 9.47 Å². The Labute approximate surface area is 251 Å². The van der Waals surface area contributed by atoms with Gasteiger partial charge in [-0.05, 0) is 12.8 Å². The van der Waals surface area contributed by atoms with E-state index >= 15 is 0 Å². The van der Waals surface area contributed by atoms with Crippen LogP contribution in [-0.2, 0) is 19.1 Å². The van der Waals surface area contributed by atoms with Crippen LogP contribution in [-0.4, -0.2) is 114 Å². The van der Waals surface area contributed by atoms with Crippen LogP contribution in [0.1, 0.15) is 51.4 Å². The third-order valence-electron chi connectivity index (χ3n) is 5.01. The SMILES string of the molecule is C[N+](C)(C)CCOC(=O)NCC(=O)CCCCCCCCC(=O)CNC(=O)OCC[N+](C)(C)C.[I-].[I-]. The second kappa shape index (κ2) is 22.3. The van der Waals surface area contributed by atoms with E-state index in [1.54, 1.807) is 0 Å². The van der Waals surface area contributed by atoms with E-state index in [0.29, 0.717) is 48.1 Å². The summed E-state index contributed by atoms with van der Waals surface area (Å²) in [6.45, 7) is 2.05. The minimum Gasteiger partial charge on any atom is -1.00 e. The lowest BCUT2D eigenvalue weighted by Gasteiger charge is -2.23. The molecule has 0 saturated heterocycles. The van der Waals surface area contributed by atoms with Gasteiger partial charge >= 0.3 is 12.2 Å². The fraction of sp³-hybridized carbons (Fsp3) is 0.833. The average molecular weight is 742 g/mol. The normalized spacial score (nSPS) is 10.9. The van der Waals surface area contributed by atoms with Gasteiger partial charge in [-0.15, -0.1) is 0 Å². The number of nitrogens with zero attached hydrogens (tertiary/aromatic N) is 2. The lowest BCUT2D eigenvalue weighted by atomic mass is 10.1. The molecular formula is C24H48I2N4O6. The van der Waals surface area contributed by atoms with E-state index in [9.17, 15) is 19.2 Å². The molecule has 0 atom stereocenters. The van der Waals surface area contributed by atoms with Crippen molar-refractivity contribution in [1.82, 2.24) is 10.6 Å². The molecule has 2 N–H and O–H groups in total. The summed E-state index contributed by atoms with van der Waals surface area (Å²) in [5, 5.41) is 4.99. The Morgan fingerprint density at radius 1 is 0.556 bits per heavy atom. The number of hydrogen-bond acceptors (Lipinski definition) is 6. The van der Waals surface area contributed by atoms with Crippen molar-refractivity contribution in [2.45, 2.75) is 51.4 Å². The molecule has 2 amide bonds. The number of carbonyl (C=O) groups is 4. The summed E-state index contributed by atoms with van der Waals surface area (Å²) < 4.78 is 11.5. The van der Waals surface area contributed by atoms with Crippen LogP contribution in [0.15, 0.2) is 0 Å². The topological polar surface area (TPSA) is 111 Å². The summed E-state index contributed by atoms with van der Waals surface area (Å²) >= 11 is 0. The standard InChI is InChI=1S/C24H46N4O6.2HI/c1-27(2,3)15-17-33-23(31)25-19-21(29)13-11-9-7-8-10-12-14-22(30)20-26-24(32)34-18-16-28(4,5)6;;/h7-20H2,1-6H3;2*1H. The monoisotopic (exact) mass is 742 g/mol. The van der Waals surface area contributed by atoms with Crippen LogP contribution < -0.4 is 58.6 Å². The number of hydrogen-bond donors (Lipinski definition) is 2. The van der Waals surface area contributed by atoms with Crippen LogP contribution in [0.25, 0.3) is 0 Å². The van der Waals surface area contributed by atoms with Crippen LogP contribution >= 0.6 is 0 Å². The number of nitrogens with one attached hydrogen (secondary N) is 2. The Kier molecular flexibility index (Phi) is 24.6. The highest BCUT2D eigenvalue weighted by Crippen LogP contribution is 2.09. The van der Waals surface area contributed by atoms with Gasteiger partial charge in [0, 0.05) is 12.8 Å². The molecule has 0 aromatic heterocycles. The Hall–Kier alpha value is -0.740. The number of unbranched alkanes of at least 4 members (excludes halogenated alkanes) is 5. The van der Waals surface area contributed by atoms with Crippen LogP contribution in [0, 0.1) is 0 Å². The first kappa shape index (κ1) is 39.8. The Morgan fingerprint density at radius 3 is 1.17 bits per heavy atom. The van der Waals surface area contributed by atoms with Crippen LogP contribution in [0.2, 0.25) is 0 Å². The summed E-state index contributed by atoms with van der Waals surface area (Å²) in [7, 11) is 12.1. The molecule has 0 aromatic rings. The van der Waals surface area contributed by atoms with E-state index in [0.717, 1.165) is 38.5 Å². The maximum Gasteiger partial charge on any atom is 0.407 e. The van der Waals surface area contributed by atoms with Gasteiger partial charge in [0.2, 0.25) is 0 Å². The highest BCUT2D eigenvalue weighted by Gasteiger charge is 2.11. The summed E-state index contributed by atoms with van der Waals surface area (Å²) in [5.41, 5.74) is 0. The molecule has 12 heteroatoms. The van der Waals surface area contributed by atoms with Crippen molar-refractivity contribution in [3.05, 3.63) is 0 Å². The zero-order valence-electron chi connectivity index (χ0n) is 23.0. The molecule has 0 fully saturated rings. The summed E-state index contributed by atoms with van der Waals surface area (Å²) in [4.78, 5) is 46.8. The van der Waals surface area contributed by atoms with Crippen molar-refractivity contribution in [1.29, 1.82) is 0 Å². The number of halogens is 2. The van der Waals surface area contributed by atoms with Gasteiger partial charge in [-0.25, -0.2) is 9.59 Å². The number of carbonyl (C=O) groups excluding carboxylic acids is 4. The molecular weight excluding hydrogens is 694 g/mol. The minimum absolute atomic E-state index is 0. The lowest BCUT2D eigenvalue weighted by Crippen LogP contribution is -3.00. The van der Waals surface area contributed by atoms with E-state index in [1.807, 2.05) is 42.3 Å². The molecule has 0 spiro atoms. The number of ether oxygens (including phenoxy) is 2. The number of alkyl carbamates (subject to hydrolysis) is 2. The molecule has 0 rings (SSSR count). The minimum atomic E-state index is -0.553. The second-order valence-corrected chi connectivity index (χ2v) is 10.7. The number of amides is 2. The first-order valence-electron chi connectivity index (χ1n) is 12.2. The lowest BCUT2D eigenvalue weighted by molar-refractivity contribution is -0.870. The van der Waals surface area contributed by atoms with Gasteiger partial charge in [0.05, 0.1) is 55.4 Å². The van der Waals surface area contributed by atoms with Gasteiger partial charge in [-0.2, -0.15) is 0 Å². The average Bonchev–Trinajstić information content (AvgIpc) is 2.70. The fourth-order valence-electron chi connectivity index (χ4n) is 2.80. The molecule has 0 bridgehead atoms. The number of likely N-dealkylation sites (N-methyl/N-ethyl adjacent to an activating group) is 2. The van der Waals surface area contributed by atoms with Gasteiger partial charge in [0.15, 0.2) is 11.6 Å². The zero-order valence-corrected chi connectivity index (χ0v) is 27.3. The number of rotatable bonds is 19. The van der Waals surface area contributed by atoms with Crippen LogP contribution in [0.5, 0.6) is 0 Å². The van der Waals surface area contributed by atoms with Crippen molar-refractivity contribution >= 4 is 23.8 Å². The quantitative estimate of drug-likeness (QED) is 0.0798. The number of ketones is 2. The van der Waals surface area contributed by atoms with Crippen molar-refractivity contribution < 1.29 is 85.6 Å². The highest BCUT2D eigenvalue weighted by atomic mass is 127. The number of Topliss-reactive ketones (excluding diaryl/α,β-unsaturated/α-hetero) is 2. The molecule has 10 nitrogen and oxygen atoms in total. The van der Waals surface area contributed by atoms with E-state index in [2.05, 4.69) is 10.6 Å². The zero-order chi connectivity index (χ0) is 26.0. The van der Waals surface area contributed by atoms with Gasteiger partial charge in [-0.1, -0.05) is 25.7 Å². The smallest absolute Gasteiger partial charge is 0.407 e. The molecule has 0 unspecified atom stereocenters. The molecule has 0 radical (unpaired) electrons. The predicted molar refractivity (Wildman–Crippen MR) is 131 cm³/mol. The van der Waals surface area contributed by atoms with Gasteiger partial charge in [0.1, 0.15) is 26.3 Å². The Balaban J connectivity index is -0.00000544. The molecule has 0 aromatic carbocycles. The summed E-state index contributed by atoms with van der Waals surface area (Å²) in [5.74, 6) is -0.00436. The summed E-state index contributed by atoms with van der Waals surface area (Å²) in [6, 6.07) is 0. The van der Waals surface area contributed by atoms with Gasteiger partial charge in [-0.3, -0.25) is 9.59 Å². The second-order valence-electron chi connectivity index (χ2n) is 10.7. The first-order valence-corrected chi connectivity index (χ1v) is 12.2. The molecule has 0 aliphatic carbocycles. The van der Waals surface area contributed by atoms with E-state index in [1.165, 1.54) is 0 Å². The van der Waals surface area contributed by atoms with Crippen molar-refractivity contribution in [2.75, 3.05) is 81.7 Å². The molecule has 214 valence electrons. The molecule has 0 saturated carbocycles. The van der Waals surface area contributed by atoms with Crippen LogP contribution in [0.3, 0.4) is 0 Å². The third-order valence-corrected chi connectivity index (χ3v) is 5.01. The molecule has 36 heavy (non-hydrogen) atoms. The van der Waals surface area contributed by atoms with Gasteiger partial charge < -0.3 is 77.0 Å². The summed E-state index contributed by atoms with van der Waals surface area (Å²) in [6.07, 6.45) is 5.22. The van der Waals surface area contributed by atoms with Crippen molar-refractivity contribution in [3.63, 3.8) is 0 Å². The van der Waals surface area contributed by atoms with Crippen molar-refractivity contribution in [3.8, 4) is 0 Å². The highest BCUT2D eigenvalue weighted by molar-refractivity contribution is 5.84. The third kappa shape index (κ3) is 29.5. The van der Waals surface area contributed by atoms with Crippen molar-refractivity contribution in [2.24, 2.45) is 0 Å². The Bertz CT molecular complexity index is 583. The Morgan fingerprint density at radius 2 is 0.861 bits per heavy atom. The van der Waals surface area contributed by atoms with Crippen LogP contribution in [0.4, 0.5) is 9.59 Å². The predicted octanol–water partition coefficient (Wildman–Crippen LogP) is -3.88.